The maximum absolute atomic E-state index is 11.2. The maximum atomic E-state index is 11.2. The Morgan fingerprint density at radius 3 is 2.07 bits per heavy atom. The quantitative estimate of drug-likeness (QED) is 0.560. The molecule has 0 aliphatic rings. The molecule has 0 fully saturated rings. The number of halogens is 1. The fourth-order valence-corrected chi connectivity index (χ4v) is 1.01. The number of likely N-dealkylation sites (N-methyl/N-ethyl adjacent to an activating group) is 1. The molecule has 0 rings (SSSR count). The second kappa shape index (κ2) is 6.62. The van der Waals surface area contributed by atoms with Gasteiger partial charge in [-0.15, -0.1) is 11.6 Å². The lowest BCUT2D eigenvalue weighted by atomic mass is 10.2. The molecule has 0 aliphatic heterocycles. The molecular weight excluding hydrogens is 208 g/mol. The van der Waals surface area contributed by atoms with Gasteiger partial charge in [-0.05, 0) is 20.0 Å². The molecule has 0 aromatic heterocycles. The first kappa shape index (κ1) is 13.2. The fourth-order valence-electron chi connectivity index (χ4n) is 0.817. The molecule has 14 heavy (non-hydrogen) atoms. The van der Waals surface area contributed by atoms with Gasteiger partial charge >= 0.3 is 0 Å². The van der Waals surface area contributed by atoms with E-state index < -0.39 is 23.3 Å². The van der Waals surface area contributed by atoms with Crippen molar-refractivity contribution in [2.45, 2.75) is 25.3 Å². The lowest BCUT2D eigenvalue weighted by molar-refractivity contribution is -0.401. The third kappa shape index (κ3) is 3.93. The predicted molar refractivity (Wildman–Crippen MR) is 50.8 cm³/mol. The zero-order chi connectivity index (χ0) is 11.1. The van der Waals surface area contributed by atoms with Crippen molar-refractivity contribution >= 4 is 23.4 Å². The summed E-state index contributed by atoms with van der Waals surface area (Å²) in [5.41, 5.74) is 0. The van der Waals surface area contributed by atoms with Crippen molar-refractivity contribution in [2.24, 2.45) is 0 Å². The average molecular weight is 222 g/mol. The highest BCUT2D eigenvalue weighted by Gasteiger charge is 2.22. The highest BCUT2D eigenvalue weighted by Crippen LogP contribution is 2.00. The van der Waals surface area contributed by atoms with E-state index >= 15 is 0 Å². The van der Waals surface area contributed by atoms with Crippen LogP contribution in [0.3, 0.4) is 0 Å². The molecule has 0 bridgehead atoms. The van der Waals surface area contributed by atoms with Crippen LogP contribution < -0.4 is 15.7 Å². The van der Waals surface area contributed by atoms with Gasteiger partial charge in [-0.25, -0.2) is 0 Å². The van der Waals surface area contributed by atoms with E-state index in [2.05, 4.69) is 10.6 Å². The molecule has 0 aliphatic carbocycles. The van der Waals surface area contributed by atoms with E-state index in [1.165, 1.54) is 0 Å². The second-order valence-electron chi connectivity index (χ2n) is 2.61. The Morgan fingerprint density at radius 2 is 1.64 bits per heavy atom. The van der Waals surface area contributed by atoms with Gasteiger partial charge in [0.2, 0.25) is 11.8 Å². The zero-order valence-corrected chi connectivity index (χ0v) is 8.93. The number of amides is 2. The maximum Gasteiger partial charge on any atom is 0.237 e. The largest absolute Gasteiger partial charge is 0.844 e. The van der Waals surface area contributed by atoms with E-state index in [-0.39, 0.29) is 0 Å². The molecule has 0 aromatic rings. The number of carbonyl (C=O) groups excluding carboxylic acids is 2. The normalized spacial score (nSPS) is 14.3. The molecule has 5 nitrogen and oxygen atoms in total. The smallest absolute Gasteiger partial charge is 0.237 e. The van der Waals surface area contributed by atoms with Crippen LogP contribution in [0.4, 0.5) is 0 Å². The molecule has 0 heterocycles. The van der Waals surface area contributed by atoms with Gasteiger partial charge in [0.05, 0.1) is 0 Å². The Labute approximate surface area is 87.8 Å². The van der Waals surface area contributed by atoms with Crippen molar-refractivity contribution in [1.82, 2.24) is 10.6 Å². The van der Waals surface area contributed by atoms with E-state index in [0.717, 1.165) is 0 Å². The molecule has 0 aromatic carbocycles. The minimum atomic E-state index is -1.76. The summed E-state index contributed by atoms with van der Waals surface area (Å²) >= 11 is 5.51. The van der Waals surface area contributed by atoms with Crippen LogP contribution in [0.1, 0.15) is 13.8 Å². The number of hydrogen-bond acceptors (Lipinski definition) is 3. The minimum Gasteiger partial charge on any atom is -0.844 e. The number of hydrogen-bond donors (Lipinski definition) is 2. The Hall–Kier alpha value is -0.810. The first-order chi connectivity index (χ1) is 6.54. The highest BCUT2D eigenvalue weighted by molar-refractivity contribution is 6.32. The Balaban J connectivity index is 4.16. The van der Waals surface area contributed by atoms with Gasteiger partial charge in [-0.2, -0.15) is 0 Å². The molecule has 2 atom stereocenters. The van der Waals surface area contributed by atoms with Crippen LogP contribution in [0.25, 0.3) is 0 Å². The molecule has 0 saturated heterocycles. The summed E-state index contributed by atoms with van der Waals surface area (Å²) in [6.07, 6.45) is -1.76. The molecule has 6 heteroatoms. The van der Waals surface area contributed by atoms with Crippen LogP contribution in [0, 0.1) is 0 Å². The van der Waals surface area contributed by atoms with Crippen LogP contribution in [-0.4, -0.2) is 36.4 Å². The molecule has 2 amide bonds. The minimum absolute atomic E-state index is 0.344. The average Bonchev–Trinajstić information content (AvgIpc) is 2.16. The van der Waals surface area contributed by atoms with Crippen molar-refractivity contribution < 1.29 is 14.7 Å². The lowest BCUT2D eigenvalue weighted by Gasteiger charge is -2.24. The van der Waals surface area contributed by atoms with Gasteiger partial charge in [0, 0.05) is 13.1 Å². The molecule has 0 saturated carbocycles. The van der Waals surface area contributed by atoms with Crippen LogP contribution in [-0.2, 0) is 9.59 Å². The first-order valence-corrected chi connectivity index (χ1v) is 4.83. The first-order valence-electron chi connectivity index (χ1n) is 4.39. The molecule has 0 radical (unpaired) electrons. The number of rotatable bonds is 5. The highest BCUT2D eigenvalue weighted by atomic mass is 35.5. The fraction of sp³-hybridized carbons (Fsp3) is 0.750. The molecule has 2 unspecified atom stereocenters. The van der Waals surface area contributed by atoms with Gasteiger partial charge < -0.3 is 15.7 Å². The third-order valence-corrected chi connectivity index (χ3v) is 1.90. The van der Waals surface area contributed by atoms with Crippen molar-refractivity contribution in [3.05, 3.63) is 0 Å². The number of alkyl halides is 1. The van der Waals surface area contributed by atoms with Gasteiger partial charge in [-0.1, -0.05) is 0 Å². The van der Waals surface area contributed by atoms with E-state index in [4.69, 9.17) is 11.6 Å². The van der Waals surface area contributed by atoms with Crippen LogP contribution in [0.2, 0.25) is 0 Å². The number of nitrogens with one attached hydrogen (secondary N) is 2. The lowest BCUT2D eigenvalue weighted by Crippen LogP contribution is -2.53. The molecular formula is C8H14ClN2O3-. The summed E-state index contributed by atoms with van der Waals surface area (Å²) < 4.78 is 0. The Bertz CT molecular complexity index is 189. The van der Waals surface area contributed by atoms with E-state index in [1.807, 2.05) is 0 Å². The zero-order valence-electron chi connectivity index (χ0n) is 8.17. The van der Waals surface area contributed by atoms with Gasteiger partial charge in [0.1, 0.15) is 5.38 Å². The summed E-state index contributed by atoms with van der Waals surface area (Å²) in [6.45, 7) is 4.11. The standard InChI is InChI=1S/C8H14ClN2O3/c1-3-10-7(13)5(9)6(12)8(14)11-4-2/h5-6H,3-4H2,1-2H3,(H,10,13)(H,11,14)/q-1. The summed E-state index contributed by atoms with van der Waals surface area (Å²) in [5, 5.41) is 14.5. The topological polar surface area (TPSA) is 81.3 Å². The van der Waals surface area contributed by atoms with Crippen molar-refractivity contribution in [3.63, 3.8) is 0 Å². The Morgan fingerprint density at radius 1 is 1.21 bits per heavy atom. The summed E-state index contributed by atoms with van der Waals surface area (Å²) in [4.78, 5) is 22.1. The SMILES string of the molecule is CCNC(=O)C([O-])C(Cl)C(=O)NCC. The summed E-state index contributed by atoms with van der Waals surface area (Å²) in [6, 6.07) is 0. The van der Waals surface area contributed by atoms with Crippen LogP contribution >= 0.6 is 11.6 Å². The molecule has 2 N–H and O–H groups in total. The monoisotopic (exact) mass is 221 g/mol. The van der Waals surface area contributed by atoms with Crippen LogP contribution in [0.15, 0.2) is 0 Å². The van der Waals surface area contributed by atoms with Gasteiger partial charge in [0.15, 0.2) is 0 Å². The number of carbonyl (C=O) groups is 2. The van der Waals surface area contributed by atoms with E-state index in [0.29, 0.717) is 13.1 Å². The van der Waals surface area contributed by atoms with Crippen molar-refractivity contribution in [3.8, 4) is 0 Å². The van der Waals surface area contributed by atoms with Crippen LogP contribution in [0.5, 0.6) is 0 Å². The van der Waals surface area contributed by atoms with Crippen molar-refractivity contribution in [1.29, 1.82) is 0 Å². The predicted octanol–water partition coefficient (Wildman–Crippen LogP) is -1.41. The molecule has 0 spiro atoms. The summed E-state index contributed by atoms with van der Waals surface area (Å²) in [7, 11) is 0. The van der Waals surface area contributed by atoms with E-state index in [9.17, 15) is 14.7 Å². The second-order valence-corrected chi connectivity index (χ2v) is 3.08. The van der Waals surface area contributed by atoms with Gasteiger partial charge in [0.25, 0.3) is 0 Å². The summed E-state index contributed by atoms with van der Waals surface area (Å²) in [5.74, 6) is -1.36. The Kier molecular flexibility index (Phi) is 6.23. The van der Waals surface area contributed by atoms with E-state index in [1.54, 1.807) is 13.8 Å². The third-order valence-electron chi connectivity index (χ3n) is 1.48. The van der Waals surface area contributed by atoms with Gasteiger partial charge in [-0.3, -0.25) is 9.59 Å². The molecule has 82 valence electrons. The van der Waals surface area contributed by atoms with Crippen molar-refractivity contribution in [2.75, 3.05) is 13.1 Å².